The number of carbonyl (C=O) groups excluding carboxylic acids is 1. The number of hydrogen-bond donors (Lipinski definition) is 2. The van der Waals surface area contributed by atoms with Crippen LogP contribution in [0.3, 0.4) is 0 Å². The average Bonchev–Trinajstić information content (AvgIpc) is 2.41. The summed E-state index contributed by atoms with van der Waals surface area (Å²) >= 11 is 0. The third-order valence-electron chi connectivity index (χ3n) is 3.55. The van der Waals surface area contributed by atoms with E-state index in [0.717, 1.165) is 12.8 Å². The number of para-hydroxylation sites is 1. The predicted molar refractivity (Wildman–Crippen MR) is 68.1 cm³/mol. The molecule has 102 valence electrons. The molecule has 0 unspecified atom stereocenters. The smallest absolute Gasteiger partial charge is 0.307 e. The predicted octanol–water partition coefficient (Wildman–Crippen LogP) is 2.66. The van der Waals surface area contributed by atoms with Crippen molar-refractivity contribution in [3.05, 3.63) is 30.1 Å². The molecule has 2 rings (SSSR count). The molecular formula is C14H16FNO3. The quantitative estimate of drug-likeness (QED) is 0.883. The van der Waals surface area contributed by atoms with E-state index in [1.165, 1.54) is 18.2 Å². The van der Waals surface area contributed by atoms with Crippen molar-refractivity contribution >= 4 is 17.6 Å². The number of benzene rings is 1. The van der Waals surface area contributed by atoms with E-state index in [1.807, 2.05) is 0 Å². The summed E-state index contributed by atoms with van der Waals surface area (Å²) in [6.07, 6.45) is 2.70. The van der Waals surface area contributed by atoms with Gasteiger partial charge in [-0.25, -0.2) is 4.39 Å². The van der Waals surface area contributed by atoms with Gasteiger partial charge < -0.3 is 10.4 Å². The van der Waals surface area contributed by atoms with Crippen molar-refractivity contribution in [2.75, 3.05) is 5.32 Å². The van der Waals surface area contributed by atoms with Gasteiger partial charge in [0.05, 0.1) is 17.5 Å². The molecule has 2 atom stereocenters. The second-order valence-electron chi connectivity index (χ2n) is 4.80. The van der Waals surface area contributed by atoms with Crippen molar-refractivity contribution in [3.63, 3.8) is 0 Å². The van der Waals surface area contributed by atoms with Gasteiger partial charge in [0.25, 0.3) is 0 Å². The van der Waals surface area contributed by atoms with Crippen LogP contribution in [0.4, 0.5) is 10.1 Å². The Morgan fingerprint density at radius 1 is 1.16 bits per heavy atom. The highest BCUT2D eigenvalue weighted by Crippen LogP contribution is 2.31. The molecule has 0 saturated heterocycles. The molecule has 19 heavy (non-hydrogen) atoms. The normalized spacial score (nSPS) is 22.8. The summed E-state index contributed by atoms with van der Waals surface area (Å²) < 4.78 is 13.4. The number of rotatable bonds is 3. The van der Waals surface area contributed by atoms with E-state index in [1.54, 1.807) is 6.07 Å². The maximum absolute atomic E-state index is 13.4. The van der Waals surface area contributed by atoms with Gasteiger partial charge in [0.2, 0.25) is 5.91 Å². The van der Waals surface area contributed by atoms with Crippen molar-refractivity contribution in [1.29, 1.82) is 0 Å². The van der Waals surface area contributed by atoms with E-state index in [4.69, 9.17) is 5.11 Å². The highest BCUT2D eigenvalue weighted by Gasteiger charge is 2.35. The van der Waals surface area contributed by atoms with Crippen LogP contribution in [0.2, 0.25) is 0 Å². The molecule has 1 aliphatic rings. The molecule has 1 aromatic carbocycles. The number of aliphatic carboxylic acids is 1. The van der Waals surface area contributed by atoms with Gasteiger partial charge in [-0.15, -0.1) is 0 Å². The minimum atomic E-state index is -0.951. The van der Waals surface area contributed by atoms with Crippen LogP contribution in [0.5, 0.6) is 0 Å². The summed E-state index contributed by atoms with van der Waals surface area (Å²) in [5, 5.41) is 11.6. The van der Waals surface area contributed by atoms with Crippen molar-refractivity contribution in [2.45, 2.75) is 25.7 Å². The number of hydrogen-bond acceptors (Lipinski definition) is 2. The van der Waals surface area contributed by atoms with Gasteiger partial charge in [-0.1, -0.05) is 25.0 Å². The third kappa shape index (κ3) is 3.10. The van der Waals surface area contributed by atoms with Crippen LogP contribution in [-0.4, -0.2) is 17.0 Å². The van der Waals surface area contributed by atoms with E-state index in [-0.39, 0.29) is 5.69 Å². The maximum Gasteiger partial charge on any atom is 0.307 e. The molecule has 0 radical (unpaired) electrons. The Morgan fingerprint density at radius 3 is 2.42 bits per heavy atom. The number of carbonyl (C=O) groups is 2. The molecule has 0 spiro atoms. The highest BCUT2D eigenvalue weighted by atomic mass is 19.1. The first-order valence-corrected chi connectivity index (χ1v) is 6.38. The number of nitrogens with one attached hydrogen (secondary N) is 1. The van der Waals surface area contributed by atoms with Gasteiger partial charge in [-0.05, 0) is 25.0 Å². The zero-order chi connectivity index (χ0) is 13.8. The maximum atomic E-state index is 13.4. The van der Waals surface area contributed by atoms with Crippen LogP contribution < -0.4 is 5.32 Å². The Morgan fingerprint density at radius 2 is 1.79 bits per heavy atom. The van der Waals surface area contributed by atoms with Crippen LogP contribution in [-0.2, 0) is 9.59 Å². The fraction of sp³-hybridized carbons (Fsp3) is 0.429. The molecule has 1 aliphatic carbocycles. The molecular weight excluding hydrogens is 249 g/mol. The molecule has 1 aromatic rings. The van der Waals surface area contributed by atoms with Crippen LogP contribution in [0.15, 0.2) is 24.3 Å². The molecule has 1 fully saturated rings. The van der Waals surface area contributed by atoms with E-state index < -0.39 is 29.5 Å². The van der Waals surface area contributed by atoms with Gasteiger partial charge in [-0.3, -0.25) is 9.59 Å². The zero-order valence-electron chi connectivity index (χ0n) is 10.4. The lowest BCUT2D eigenvalue weighted by atomic mass is 9.78. The molecule has 5 heteroatoms. The largest absolute Gasteiger partial charge is 0.481 e. The molecule has 1 saturated carbocycles. The van der Waals surface area contributed by atoms with Crippen molar-refractivity contribution in [1.82, 2.24) is 0 Å². The van der Waals surface area contributed by atoms with Crippen molar-refractivity contribution < 1.29 is 19.1 Å². The summed E-state index contributed by atoms with van der Waals surface area (Å²) in [6.45, 7) is 0. The summed E-state index contributed by atoms with van der Waals surface area (Å²) in [6, 6.07) is 5.87. The van der Waals surface area contributed by atoms with Gasteiger partial charge in [0, 0.05) is 0 Å². The van der Waals surface area contributed by atoms with E-state index in [2.05, 4.69) is 5.32 Å². The first-order valence-electron chi connectivity index (χ1n) is 6.38. The lowest BCUT2D eigenvalue weighted by molar-refractivity contribution is -0.147. The molecule has 0 bridgehead atoms. The first kappa shape index (κ1) is 13.5. The molecule has 0 aliphatic heterocycles. The minimum Gasteiger partial charge on any atom is -0.481 e. The second-order valence-corrected chi connectivity index (χ2v) is 4.80. The topological polar surface area (TPSA) is 66.4 Å². The van der Waals surface area contributed by atoms with Crippen molar-refractivity contribution in [2.24, 2.45) is 11.8 Å². The molecule has 4 nitrogen and oxygen atoms in total. The SMILES string of the molecule is O=C(Nc1ccccc1F)[C@H]1CCCC[C@H]1C(=O)O. The summed E-state index contributed by atoms with van der Waals surface area (Å²) in [4.78, 5) is 23.2. The van der Waals surface area contributed by atoms with E-state index >= 15 is 0 Å². The lowest BCUT2D eigenvalue weighted by Crippen LogP contribution is -2.36. The lowest BCUT2D eigenvalue weighted by Gasteiger charge is -2.27. The van der Waals surface area contributed by atoms with Gasteiger partial charge in [0.15, 0.2) is 0 Å². The molecule has 2 N–H and O–H groups in total. The number of carboxylic acid groups (broad SMARTS) is 1. The van der Waals surface area contributed by atoms with Gasteiger partial charge in [-0.2, -0.15) is 0 Å². The highest BCUT2D eigenvalue weighted by molar-refractivity contribution is 5.95. The Labute approximate surface area is 110 Å². The van der Waals surface area contributed by atoms with Crippen LogP contribution in [0, 0.1) is 17.7 Å². The number of anilines is 1. The second kappa shape index (κ2) is 5.82. The van der Waals surface area contributed by atoms with Crippen LogP contribution in [0.1, 0.15) is 25.7 Å². The molecule has 0 aromatic heterocycles. The fourth-order valence-electron chi connectivity index (χ4n) is 2.53. The molecule has 0 heterocycles. The van der Waals surface area contributed by atoms with Crippen LogP contribution in [0.25, 0.3) is 0 Å². The minimum absolute atomic E-state index is 0.0993. The number of amides is 1. The van der Waals surface area contributed by atoms with Gasteiger partial charge >= 0.3 is 5.97 Å². The fourth-order valence-corrected chi connectivity index (χ4v) is 2.53. The first-order chi connectivity index (χ1) is 9.09. The van der Waals surface area contributed by atoms with E-state index in [0.29, 0.717) is 12.8 Å². The zero-order valence-corrected chi connectivity index (χ0v) is 10.4. The standard InChI is InChI=1S/C14H16FNO3/c15-11-7-3-4-8-12(11)16-13(17)9-5-1-2-6-10(9)14(18)19/h3-4,7-10H,1-2,5-6H2,(H,16,17)(H,18,19)/t9-,10+/m0/s1. The summed E-state index contributed by atoms with van der Waals surface area (Å²) in [7, 11) is 0. The van der Waals surface area contributed by atoms with Crippen molar-refractivity contribution in [3.8, 4) is 0 Å². The summed E-state index contributed by atoms with van der Waals surface area (Å²) in [5.74, 6) is -3.12. The van der Waals surface area contributed by atoms with Gasteiger partial charge in [0.1, 0.15) is 5.82 Å². The summed E-state index contributed by atoms with van der Waals surface area (Å²) in [5.41, 5.74) is 0.0993. The Hall–Kier alpha value is -1.91. The number of carboxylic acids is 1. The van der Waals surface area contributed by atoms with E-state index in [9.17, 15) is 14.0 Å². The Bertz CT molecular complexity index is 489. The molecule has 1 amide bonds. The Kier molecular flexibility index (Phi) is 4.14. The monoisotopic (exact) mass is 265 g/mol. The Balaban J connectivity index is 2.10. The average molecular weight is 265 g/mol. The third-order valence-corrected chi connectivity index (χ3v) is 3.55. The van der Waals surface area contributed by atoms with Crippen LogP contribution >= 0.6 is 0 Å². The number of halogens is 1.